The van der Waals surface area contributed by atoms with Crippen LogP contribution in [0.1, 0.15) is 50.4 Å². The number of sulfonamides is 1. The van der Waals surface area contributed by atoms with Crippen LogP contribution >= 0.6 is 11.8 Å². The van der Waals surface area contributed by atoms with Crippen molar-refractivity contribution in [3.8, 4) is 0 Å². The van der Waals surface area contributed by atoms with Crippen molar-refractivity contribution in [2.24, 2.45) is 0 Å². The molecule has 2 N–H and O–H groups in total. The van der Waals surface area contributed by atoms with Crippen LogP contribution < -0.4 is 10.6 Å². The number of thioether (sulfide) groups is 1. The molecule has 1 aliphatic heterocycles. The highest BCUT2D eigenvalue weighted by atomic mass is 32.2. The zero-order valence-electron chi connectivity index (χ0n) is 20.9. The number of hydrogen-bond acceptors (Lipinski definition) is 8. The Kier molecular flexibility index (Phi) is 8.47. The Bertz CT molecular complexity index is 1300. The molecule has 2 aromatic heterocycles. The highest BCUT2D eigenvalue weighted by molar-refractivity contribution is 7.99. The Morgan fingerprint density at radius 3 is 2.50 bits per heavy atom. The largest absolute Gasteiger partial charge is 0.369 e. The molecule has 0 bridgehead atoms. The molecule has 0 spiro atoms. The number of anilines is 1. The number of benzene rings is 1. The Morgan fingerprint density at radius 1 is 1.11 bits per heavy atom. The minimum atomic E-state index is -3.50. The molecular formula is C24H33N7O3S2. The van der Waals surface area contributed by atoms with Gasteiger partial charge < -0.3 is 10.6 Å². The SMILES string of the molecule is CCCNc1nc(SC(C)C)nc2c1cnn2CCNC(=O)c1ccc(S(=O)(=O)N2CCCC2)cc1. The summed E-state index contributed by atoms with van der Waals surface area (Å²) in [6.45, 7) is 8.97. The minimum absolute atomic E-state index is 0.214. The van der Waals surface area contributed by atoms with Gasteiger partial charge in [-0.05, 0) is 43.5 Å². The van der Waals surface area contributed by atoms with E-state index in [1.165, 1.54) is 16.4 Å². The highest BCUT2D eigenvalue weighted by Crippen LogP contribution is 2.26. The number of carbonyl (C=O) groups excluding carboxylic acids is 1. The quantitative estimate of drug-likeness (QED) is 0.285. The monoisotopic (exact) mass is 531 g/mol. The fourth-order valence-electron chi connectivity index (χ4n) is 3.97. The van der Waals surface area contributed by atoms with Crippen molar-refractivity contribution in [3.05, 3.63) is 36.0 Å². The van der Waals surface area contributed by atoms with E-state index in [0.717, 1.165) is 42.7 Å². The van der Waals surface area contributed by atoms with Crippen LogP contribution in [0.5, 0.6) is 0 Å². The average molecular weight is 532 g/mol. The van der Waals surface area contributed by atoms with Crippen molar-refractivity contribution < 1.29 is 13.2 Å². The van der Waals surface area contributed by atoms with E-state index in [1.807, 2.05) is 0 Å². The second-order valence-corrected chi connectivity index (χ2v) is 12.4. The van der Waals surface area contributed by atoms with Gasteiger partial charge in [-0.3, -0.25) is 4.79 Å². The average Bonchev–Trinajstić information content (AvgIpc) is 3.53. The third-order valence-electron chi connectivity index (χ3n) is 5.79. The van der Waals surface area contributed by atoms with Gasteiger partial charge in [-0.1, -0.05) is 32.5 Å². The standard InChI is InChI=1S/C24H33N7O3S2/c1-4-11-25-21-20-16-27-31(22(20)29-24(28-21)35-17(2)3)15-12-26-23(32)18-7-9-19(10-8-18)36(33,34)30-13-5-6-14-30/h7-10,16-17H,4-6,11-15H2,1-3H3,(H,26,32)(H,25,28,29). The van der Waals surface area contributed by atoms with E-state index in [1.54, 1.807) is 34.8 Å². The van der Waals surface area contributed by atoms with Gasteiger partial charge in [-0.2, -0.15) is 9.40 Å². The third kappa shape index (κ3) is 5.98. The highest BCUT2D eigenvalue weighted by Gasteiger charge is 2.27. The first-order chi connectivity index (χ1) is 17.3. The van der Waals surface area contributed by atoms with Crippen molar-refractivity contribution in [1.29, 1.82) is 0 Å². The van der Waals surface area contributed by atoms with Gasteiger partial charge in [-0.25, -0.2) is 23.1 Å². The summed E-state index contributed by atoms with van der Waals surface area (Å²) in [6.07, 6.45) is 4.49. The van der Waals surface area contributed by atoms with E-state index >= 15 is 0 Å². The third-order valence-corrected chi connectivity index (χ3v) is 8.57. The Labute approximate surface area is 216 Å². The number of hydrogen-bond donors (Lipinski definition) is 2. The molecule has 0 aliphatic carbocycles. The van der Waals surface area contributed by atoms with Gasteiger partial charge in [0.1, 0.15) is 5.82 Å². The Hall–Kier alpha value is -2.70. The minimum Gasteiger partial charge on any atom is -0.369 e. The number of aromatic nitrogens is 4. The first-order valence-corrected chi connectivity index (χ1v) is 14.6. The van der Waals surface area contributed by atoms with Crippen LogP contribution in [0.2, 0.25) is 0 Å². The topological polar surface area (TPSA) is 122 Å². The van der Waals surface area contributed by atoms with E-state index in [9.17, 15) is 13.2 Å². The molecule has 1 fully saturated rings. The molecule has 0 saturated carbocycles. The zero-order valence-corrected chi connectivity index (χ0v) is 22.5. The summed E-state index contributed by atoms with van der Waals surface area (Å²) >= 11 is 1.59. The van der Waals surface area contributed by atoms with Crippen LogP contribution in [0.3, 0.4) is 0 Å². The van der Waals surface area contributed by atoms with Gasteiger partial charge in [0.15, 0.2) is 10.8 Å². The van der Waals surface area contributed by atoms with Crippen molar-refractivity contribution in [2.75, 3.05) is 31.5 Å². The van der Waals surface area contributed by atoms with Gasteiger partial charge in [0.25, 0.3) is 5.91 Å². The number of nitrogens with zero attached hydrogens (tertiary/aromatic N) is 5. The van der Waals surface area contributed by atoms with Gasteiger partial charge in [-0.15, -0.1) is 0 Å². The molecule has 1 amide bonds. The van der Waals surface area contributed by atoms with Gasteiger partial charge in [0, 0.05) is 37.0 Å². The number of nitrogens with one attached hydrogen (secondary N) is 2. The van der Waals surface area contributed by atoms with Gasteiger partial charge >= 0.3 is 0 Å². The predicted molar refractivity (Wildman–Crippen MR) is 142 cm³/mol. The smallest absolute Gasteiger partial charge is 0.251 e. The first-order valence-electron chi connectivity index (χ1n) is 12.3. The molecule has 3 aromatic rings. The summed E-state index contributed by atoms with van der Waals surface area (Å²) in [5.74, 6) is 0.497. The molecule has 4 rings (SSSR count). The van der Waals surface area contributed by atoms with E-state index < -0.39 is 10.0 Å². The van der Waals surface area contributed by atoms with Crippen LogP contribution in [0.25, 0.3) is 11.0 Å². The summed E-state index contributed by atoms with van der Waals surface area (Å²) < 4.78 is 28.6. The van der Waals surface area contributed by atoms with E-state index in [-0.39, 0.29) is 10.8 Å². The summed E-state index contributed by atoms with van der Waals surface area (Å²) in [5, 5.41) is 12.6. The van der Waals surface area contributed by atoms with Crippen molar-refractivity contribution in [2.45, 2.75) is 61.9 Å². The van der Waals surface area contributed by atoms with Crippen molar-refractivity contribution >= 4 is 44.5 Å². The number of rotatable bonds is 11. The molecule has 3 heterocycles. The van der Waals surface area contributed by atoms with Gasteiger partial charge in [0.05, 0.1) is 23.0 Å². The van der Waals surface area contributed by atoms with Gasteiger partial charge in [0.2, 0.25) is 10.0 Å². The molecule has 0 atom stereocenters. The molecular weight excluding hydrogens is 498 g/mol. The first kappa shape index (κ1) is 26.4. The maximum absolute atomic E-state index is 12.7. The lowest BCUT2D eigenvalue weighted by Crippen LogP contribution is -2.29. The lowest BCUT2D eigenvalue weighted by molar-refractivity contribution is 0.0952. The maximum Gasteiger partial charge on any atom is 0.251 e. The summed E-state index contributed by atoms with van der Waals surface area (Å²) in [5.41, 5.74) is 1.13. The van der Waals surface area contributed by atoms with Crippen molar-refractivity contribution in [1.82, 2.24) is 29.4 Å². The molecule has 12 heteroatoms. The molecule has 36 heavy (non-hydrogen) atoms. The Morgan fingerprint density at radius 2 is 1.83 bits per heavy atom. The number of fused-ring (bicyclic) bond motifs is 1. The lowest BCUT2D eigenvalue weighted by atomic mass is 10.2. The summed E-state index contributed by atoms with van der Waals surface area (Å²) in [4.78, 5) is 22.2. The van der Waals surface area contributed by atoms with E-state index in [0.29, 0.717) is 42.1 Å². The normalized spacial score (nSPS) is 14.6. The molecule has 0 unspecified atom stereocenters. The molecule has 0 radical (unpaired) electrons. The second kappa shape index (κ2) is 11.6. The second-order valence-electron chi connectivity index (χ2n) is 8.94. The van der Waals surface area contributed by atoms with Crippen LogP contribution in [-0.2, 0) is 16.6 Å². The van der Waals surface area contributed by atoms with Crippen LogP contribution in [-0.4, -0.2) is 69.8 Å². The molecule has 1 saturated heterocycles. The lowest BCUT2D eigenvalue weighted by Gasteiger charge is -2.15. The predicted octanol–water partition coefficient (Wildman–Crippen LogP) is 3.36. The van der Waals surface area contributed by atoms with Crippen LogP contribution in [0.15, 0.2) is 40.5 Å². The number of carbonyl (C=O) groups is 1. The molecule has 194 valence electrons. The van der Waals surface area contributed by atoms with Crippen LogP contribution in [0, 0.1) is 0 Å². The van der Waals surface area contributed by atoms with Crippen molar-refractivity contribution in [3.63, 3.8) is 0 Å². The summed E-state index contributed by atoms with van der Waals surface area (Å²) in [6, 6.07) is 6.10. The molecule has 1 aliphatic rings. The molecule has 1 aromatic carbocycles. The fraction of sp³-hybridized carbons (Fsp3) is 0.500. The van der Waals surface area contributed by atoms with E-state index in [4.69, 9.17) is 4.98 Å². The maximum atomic E-state index is 12.7. The summed E-state index contributed by atoms with van der Waals surface area (Å²) in [7, 11) is -3.50. The number of amides is 1. The van der Waals surface area contributed by atoms with E-state index in [2.05, 4.69) is 41.5 Å². The zero-order chi connectivity index (χ0) is 25.7. The Balaban J connectivity index is 1.42. The fourth-order valence-corrected chi connectivity index (χ4v) is 6.20. The van der Waals surface area contributed by atoms with Crippen LogP contribution in [0.4, 0.5) is 5.82 Å². The molecule has 10 nitrogen and oxygen atoms in total.